The Bertz CT molecular complexity index is 338. The van der Waals surface area contributed by atoms with Crippen molar-refractivity contribution in [2.75, 3.05) is 6.61 Å². The third kappa shape index (κ3) is 3.08. The van der Waals surface area contributed by atoms with Crippen LogP contribution >= 0.6 is 0 Å². The van der Waals surface area contributed by atoms with Crippen LogP contribution < -0.4 is 5.32 Å². The molecule has 94 valence electrons. The molecule has 0 radical (unpaired) electrons. The molecule has 2 rings (SSSR count). The number of nitrogens with one attached hydrogen (secondary N) is 1. The van der Waals surface area contributed by atoms with Crippen LogP contribution in [0.4, 0.5) is 0 Å². The van der Waals surface area contributed by atoms with Gasteiger partial charge in [-0.15, -0.1) is 0 Å². The number of ether oxygens (including phenoxy) is 1. The summed E-state index contributed by atoms with van der Waals surface area (Å²) in [6.07, 6.45) is 7.07. The van der Waals surface area contributed by atoms with E-state index in [2.05, 4.69) is 17.5 Å². The summed E-state index contributed by atoms with van der Waals surface area (Å²) in [6.45, 7) is 2.14. The van der Waals surface area contributed by atoms with Gasteiger partial charge in [-0.25, -0.2) is 0 Å². The number of hydrogen-bond donors (Lipinski definition) is 1. The molecule has 17 heavy (non-hydrogen) atoms. The van der Waals surface area contributed by atoms with Gasteiger partial charge in [0.1, 0.15) is 0 Å². The Labute approximate surface area is 101 Å². The number of esters is 1. The summed E-state index contributed by atoms with van der Waals surface area (Å²) in [5.41, 5.74) is 0. The van der Waals surface area contributed by atoms with Gasteiger partial charge < -0.3 is 10.1 Å². The van der Waals surface area contributed by atoms with Crippen LogP contribution in [0.3, 0.4) is 0 Å². The zero-order chi connectivity index (χ0) is 12.3. The second-order valence-corrected chi connectivity index (χ2v) is 4.76. The third-order valence-electron chi connectivity index (χ3n) is 3.49. The predicted octanol–water partition coefficient (Wildman–Crippen LogP) is 1.41. The molecule has 0 aromatic carbocycles. The summed E-state index contributed by atoms with van der Waals surface area (Å²) in [4.78, 5) is 22.7. The van der Waals surface area contributed by atoms with E-state index in [1.807, 2.05) is 0 Å². The predicted molar refractivity (Wildman–Crippen MR) is 63.2 cm³/mol. The molecule has 1 saturated carbocycles. The second kappa shape index (κ2) is 5.34. The van der Waals surface area contributed by atoms with E-state index in [4.69, 9.17) is 4.74 Å². The lowest BCUT2D eigenvalue weighted by atomic mass is 10.0. The summed E-state index contributed by atoms with van der Waals surface area (Å²) in [5, 5.41) is 3.01. The molecule has 1 fully saturated rings. The average molecular weight is 237 g/mol. The van der Waals surface area contributed by atoms with Gasteiger partial charge in [0.2, 0.25) is 5.91 Å². The van der Waals surface area contributed by atoms with Crippen LogP contribution in [0.5, 0.6) is 0 Å². The molecule has 3 unspecified atom stereocenters. The molecule has 2 bridgehead atoms. The number of carbonyl (C=O) groups excluding carboxylic acids is 2. The minimum atomic E-state index is -0.296. The average Bonchev–Trinajstić information content (AvgIpc) is 2.88. The van der Waals surface area contributed by atoms with Gasteiger partial charge >= 0.3 is 5.97 Å². The van der Waals surface area contributed by atoms with Crippen molar-refractivity contribution in [2.45, 2.75) is 38.6 Å². The lowest BCUT2D eigenvalue weighted by Gasteiger charge is -2.19. The van der Waals surface area contributed by atoms with Crippen molar-refractivity contribution in [1.29, 1.82) is 0 Å². The molecule has 0 aromatic heterocycles. The normalized spacial score (nSPS) is 29.4. The summed E-state index contributed by atoms with van der Waals surface area (Å²) in [5.74, 6) is 0.821. The van der Waals surface area contributed by atoms with Crippen molar-refractivity contribution in [3.8, 4) is 0 Å². The van der Waals surface area contributed by atoms with Gasteiger partial charge in [-0.05, 0) is 31.6 Å². The van der Waals surface area contributed by atoms with Crippen LogP contribution in [0.1, 0.15) is 32.6 Å². The molecule has 3 atom stereocenters. The molecule has 2 aliphatic rings. The monoisotopic (exact) mass is 237 g/mol. The molecular weight excluding hydrogens is 218 g/mol. The van der Waals surface area contributed by atoms with Gasteiger partial charge in [0.25, 0.3) is 0 Å². The Kier molecular flexibility index (Phi) is 3.82. The van der Waals surface area contributed by atoms with Crippen molar-refractivity contribution in [1.82, 2.24) is 5.32 Å². The number of carbonyl (C=O) groups is 2. The van der Waals surface area contributed by atoms with Gasteiger partial charge in [-0.3, -0.25) is 9.59 Å². The lowest BCUT2D eigenvalue weighted by molar-refractivity contribution is -0.144. The van der Waals surface area contributed by atoms with Crippen LogP contribution in [0.15, 0.2) is 12.2 Å². The van der Waals surface area contributed by atoms with E-state index in [0.717, 1.165) is 6.42 Å². The fraction of sp³-hybridized carbons (Fsp3) is 0.692. The Morgan fingerprint density at radius 1 is 1.29 bits per heavy atom. The highest BCUT2D eigenvalue weighted by Gasteiger charge is 2.36. The molecule has 4 heteroatoms. The first-order valence-electron chi connectivity index (χ1n) is 6.32. The molecule has 0 spiro atoms. The summed E-state index contributed by atoms with van der Waals surface area (Å²) < 4.78 is 4.78. The molecule has 4 nitrogen and oxygen atoms in total. The van der Waals surface area contributed by atoms with Gasteiger partial charge in [0.15, 0.2) is 0 Å². The number of rotatable bonds is 5. The minimum Gasteiger partial charge on any atom is -0.466 e. The second-order valence-electron chi connectivity index (χ2n) is 4.76. The standard InChI is InChI=1S/C13H19NO3/c1-2-17-13(16)6-5-12(15)14-11-8-9-3-4-10(11)7-9/h3-4,9-11H,2,5-8H2,1H3,(H,14,15). The SMILES string of the molecule is CCOC(=O)CCC(=O)NC1CC2C=CC1C2. The van der Waals surface area contributed by atoms with Gasteiger partial charge in [0.05, 0.1) is 13.0 Å². The topological polar surface area (TPSA) is 55.4 Å². The Morgan fingerprint density at radius 2 is 2.12 bits per heavy atom. The van der Waals surface area contributed by atoms with Crippen LogP contribution in [-0.4, -0.2) is 24.5 Å². The summed E-state index contributed by atoms with van der Waals surface area (Å²) >= 11 is 0. The molecule has 0 saturated heterocycles. The quantitative estimate of drug-likeness (QED) is 0.581. The van der Waals surface area contributed by atoms with Crippen molar-refractivity contribution < 1.29 is 14.3 Å². The maximum Gasteiger partial charge on any atom is 0.306 e. The van der Waals surface area contributed by atoms with Gasteiger partial charge in [0, 0.05) is 12.5 Å². The first-order chi connectivity index (χ1) is 8.19. The van der Waals surface area contributed by atoms with E-state index >= 15 is 0 Å². The minimum absolute atomic E-state index is 0.0380. The number of allylic oxidation sites excluding steroid dienone is 1. The Balaban J connectivity index is 1.68. The molecule has 1 amide bonds. The number of fused-ring (bicyclic) bond motifs is 2. The third-order valence-corrected chi connectivity index (χ3v) is 3.49. The summed E-state index contributed by atoms with van der Waals surface area (Å²) in [7, 11) is 0. The van der Waals surface area contributed by atoms with Crippen LogP contribution in [0.2, 0.25) is 0 Å². The van der Waals surface area contributed by atoms with Crippen molar-refractivity contribution in [3.63, 3.8) is 0 Å². The van der Waals surface area contributed by atoms with Crippen LogP contribution in [0, 0.1) is 11.8 Å². The van der Waals surface area contributed by atoms with E-state index in [1.165, 1.54) is 6.42 Å². The maximum atomic E-state index is 11.6. The molecule has 1 N–H and O–H groups in total. The smallest absolute Gasteiger partial charge is 0.306 e. The van der Waals surface area contributed by atoms with Crippen molar-refractivity contribution >= 4 is 11.9 Å². The highest BCUT2D eigenvalue weighted by Crippen LogP contribution is 2.38. The van der Waals surface area contributed by atoms with Crippen molar-refractivity contribution in [2.24, 2.45) is 11.8 Å². The zero-order valence-corrected chi connectivity index (χ0v) is 10.1. The van der Waals surface area contributed by atoms with E-state index in [0.29, 0.717) is 18.4 Å². The molecule has 0 aliphatic heterocycles. The van der Waals surface area contributed by atoms with E-state index in [1.54, 1.807) is 6.92 Å². The largest absolute Gasteiger partial charge is 0.466 e. The zero-order valence-electron chi connectivity index (χ0n) is 10.1. The Hall–Kier alpha value is -1.32. The Morgan fingerprint density at radius 3 is 2.71 bits per heavy atom. The van der Waals surface area contributed by atoms with Gasteiger partial charge in [-0.1, -0.05) is 12.2 Å². The highest BCUT2D eigenvalue weighted by atomic mass is 16.5. The van der Waals surface area contributed by atoms with E-state index in [-0.39, 0.29) is 30.8 Å². The van der Waals surface area contributed by atoms with Gasteiger partial charge in [-0.2, -0.15) is 0 Å². The van der Waals surface area contributed by atoms with E-state index < -0.39 is 0 Å². The fourth-order valence-electron chi connectivity index (χ4n) is 2.67. The first-order valence-corrected chi connectivity index (χ1v) is 6.32. The highest BCUT2D eigenvalue weighted by molar-refractivity contribution is 5.81. The van der Waals surface area contributed by atoms with Crippen molar-refractivity contribution in [3.05, 3.63) is 12.2 Å². The molecule has 2 aliphatic carbocycles. The van der Waals surface area contributed by atoms with E-state index in [9.17, 15) is 9.59 Å². The molecular formula is C13H19NO3. The fourth-order valence-corrected chi connectivity index (χ4v) is 2.67. The van der Waals surface area contributed by atoms with Crippen LogP contribution in [-0.2, 0) is 14.3 Å². The maximum absolute atomic E-state index is 11.6. The lowest BCUT2D eigenvalue weighted by Crippen LogP contribution is -2.37. The number of hydrogen-bond acceptors (Lipinski definition) is 3. The first kappa shape index (κ1) is 12.1. The molecule has 0 aromatic rings. The molecule has 0 heterocycles. The number of amides is 1. The van der Waals surface area contributed by atoms with Crippen LogP contribution in [0.25, 0.3) is 0 Å². The summed E-state index contributed by atoms with van der Waals surface area (Å²) in [6, 6.07) is 0.277.